The first-order valence-electron chi connectivity index (χ1n) is 6.26. The Balaban J connectivity index is 2.04. The highest BCUT2D eigenvalue weighted by Crippen LogP contribution is 2.10. The normalized spacial score (nSPS) is 10.9. The van der Waals surface area contributed by atoms with Crippen molar-refractivity contribution in [3.8, 4) is 0 Å². The molecule has 2 aromatic rings. The van der Waals surface area contributed by atoms with Gasteiger partial charge in [-0.05, 0) is 17.7 Å². The zero-order valence-corrected chi connectivity index (χ0v) is 11.4. The molecule has 0 saturated carbocycles. The molecule has 19 heavy (non-hydrogen) atoms. The SMILES string of the molecule is OCCN(Cc1ccccc1)Cc1cccc(Cl)n1. The largest absolute Gasteiger partial charge is 0.395 e. The minimum Gasteiger partial charge on any atom is -0.395 e. The molecule has 0 atom stereocenters. The fourth-order valence-electron chi connectivity index (χ4n) is 1.96. The van der Waals surface area contributed by atoms with E-state index in [1.165, 1.54) is 5.56 Å². The van der Waals surface area contributed by atoms with Crippen LogP contribution in [0, 0.1) is 0 Å². The van der Waals surface area contributed by atoms with Gasteiger partial charge >= 0.3 is 0 Å². The Morgan fingerprint density at radius 3 is 2.47 bits per heavy atom. The third-order valence-corrected chi connectivity index (χ3v) is 3.03. The topological polar surface area (TPSA) is 36.4 Å². The summed E-state index contributed by atoms with van der Waals surface area (Å²) in [7, 11) is 0. The highest BCUT2D eigenvalue weighted by molar-refractivity contribution is 6.29. The first-order chi connectivity index (χ1) is 9.28. The lowest BCUT2D eigenvalue weighted by Gasteiger charge is -2.21. The quantitative estimate of drug-likeness (QED) is 0.824. The number of nitrogens with zero attached hydrogens (tertiary/aromatic N) is 2. The molecular formula is C15H17ClN2O. The molecule has 0 aliphatic rings. The van der Waals surface area contributed by atoms with Gasteiger partial charge in [0.05, 0.1) is 12.3 Å². The van der Waals surface area contributed by atoms with Crippen LogP contribution in [0.25, 0.3) is 0 Å². The smallest absolute Gasteiger partial charge is 0.129 e. The molecule has 4 heteroatoms. The van der Waals surface area contributed by atoms with Crippen LogP contribution in [0.15, 0.2) is 48.5 Å². The Morgan fingerprint density at radius 2 is 1.79 bits per heavy atom. The molecular weight excluding hydrogens is 260 g/mol. The summed E-state index contributed by atoms with van der Waals surface area (Å²) in [5, 5.41) is 9.66. The van der Waals surface area contributed by atoms with Crippen molar-refractivity contribution in [3.05, 3.63) is 64.9 Å². The van der Waals surface area contributed by atoms with Gasteiger partial charge in [0.2, 0.25) is 0 Å². The van der Waals surface area contributed by atoms with Crippen LogP contribution >= 0.6 is 11.6 Å². The molecule has 0 bridgehead atoms. The summed E-state index contributed by atoms with van der Waals surface area (Å²) in [6.07, 6.45) is 0. The molecule has 1 aromatic carbocycles. The van der Waals surface area contributed by atoms with Gasteiger partial charge in [0.15, 0.2) is 0 Å². The molecule has 0 aliphatic carbocycles. The van der Waals surface area contributed by atoms with Crippen LogP contribution < -0.4 is 0 Å². The van der Waals surface area contributed by atoms with Gasteiger partial charge in [-0.15, -0.1) is 0 Å². The molecule has 0 amide bonds. The van der Waals surface area contributed by atoms with Gasteiger partial charge in [0, 0.05) is 19.6 Å². The Morgan fingerprint density at radius 1 is 1.00 bits per heavy atom. The summed E-state index contributed by atoms with van der Waals surface area (Å²) < 4.78 is 0. The number of benzene rings is 1. The lowest BCUT2D eigenvalue weighted by atomic mass is 10.2. The van der Waals surface area contributed by atoms with Crippen molar-refractivity contribution < 1.29 is 5.11 Å². The van der Waals surface area contributed by atoms with Crippen molar-refractivity contribution in [2.24, 2.45) is 0 Å². The van der Waals surface area contributed by atoms with E-state index in [1.807, 2.05) is 30.3 Å². The average molecular weight is 277 g/mol. The van der Waals surface area contributed by atoms with Gasteiger partial charge in [-0.2, -0.15) is 0 Å². The summed E-state index contributed by atoms with van der Waals surface area (Å²) in [6.45, 7) is 2.21. The maximum absolute atomic E-state index is 9.16. The molecule has 0 saturated heterocycles. The standard InChI is InChI=1S/C15H17ClN2O/c16-15-8-4-7-14(17-15)12-18(9-10-19)11-13-5-2-1-3-6-13/h1-8,19H,9-12H2. The molecule has 0 unspecified atom stereocenters. The van der Waals surface area contributed by atoms with Crippen LogP contribution in [0.4, 0.5) is 0 Å². The summed E-state index contributed by atoms with van der Waals surface area (Å²) in [6, 6.07) is 15.8. The van der Waals surface area contributed by atoms with E-state index in [1.54, 1.807) is 6.07 Å². The van der Waals surface area contributed by atoms with E-state index in [-0.39, 0.29) is 6.61 Å². The van der Waals surface area contributed by atoms with E-state index in [9.17, 15) is 0 Å². The average Bonchev–Trinajstić information content (AvgIpc) is 2.40. The molecule has 1 heterocycles. The molecule has 1 N–H and O–H groups in total. The van der Waals surface area contributed by atoms with Crippen molar-refractivity contribution in [2.75, 3.05) is 13.2 Å². The first kappa shape index (κ1) is 14.0. The maximum atomic E-state index is 9.16. The molecule has 0 aliphatic heterocycles. The van der Waals surface area contributed by atoms with Gasteiger partial charge in [-0.1, -0.05) is 48.0 Å². The summed E-state index contributed by atoms with van der Waals surface area (Å²) >= 11 is 5.89. The molecule has 100 valence electrons. The molecule has 2 rings (SSSR count). The Bertz CT molecular complexity index is 505. The van der Waals surface area contributed by atoms with Crippen LogP contribution in [0.3, 0.4) is 0 Å². The van der Waals surface area contributed by atoms with Crippen LogP contribution in [-0.4, -0.2) is 28.1 Å². The summed E-state index contributed by atoms with van der Waals surface area (Å²) in [4.78, 5) is 6.43. The van der Waals surface area contributed by atoms with Crippen molar-refractivity contribution in [3.63, 3.8) is 0 Å². The molecule has 3 nitrogen and oxygen atoms in total. The predicted molar refractivity (Wildman–Crippen MR) is 76.9 cm³/mol. The minimum atomic E-state index is 0.132. The van der Waals surface area contributed by atoms with Crippen molar-refractivity contribution in [1.82, 2.24) is 9.88 Å². The van der Waals surface area contributed by atoms with Crippen molar-refractivity contribution in [2.45, 2.75) is 13.1 Å². The lowest BCUT2D eigenvalue weighted by Crippen LogP contribution is -2.26. The number of aliphatic hydroxyl groups excluding tert-OH is 1. The van der Waals surface area contributed by atoms with Gasteiger partial charge in [-0.25, -0.2) is 4.98 Å². The zero-order chi connectivity index (χ0) is 13.5. The number of hydrogen-bond acceptors (Lipinski definition) is 3. The molecule has 1 aromatic heterocycles. The second-order valence-electron chi connectivity index (χ2n) is 4.37. The zero-order valence-electron chi connectivity index (χ0n) is 10.7. The van der Waals surface area contributed by atoms with E-state index < -0.39 is 0 Å². The van der Waals surface area contributed by atoms with Gasteiger partial charge in [-0.3, -0.25) is 4.90 Å². The number of rotatable bonds is 6. The second-order valence-corrected chi connectivity index (χ2v) is 4.76. The number of pyridine rings is 1. The Labute approximate surface area is 118 Å². The molecule has 0 spiro atoms. The number of hydrogen-bond donors (Lipinski definition) is 1. The number of aliphatic hydroxyl groups is 1. The van der Waals surface area contributed by atoms with Crippen LogP contribution in [-0.2, 0) is 13.1 Å². The van der Waals surface area contributed by atoms with Gasteiger partial charge in [0.25, 0.3) is 0 Å². The van der Waals surface area contributed by atoms with E-state index in [0.717, 1.165) is 12.2 Å². The van der Waals surface area contributed by atoms with E-state index >= 15 is 0 Å². The predicted octanol–water partition coefficient (Wildman–Crippen LogP) is 2.73. The Hall–Kier alpha value is -1.42. The van der Waals surface area contributed by atoms with Crippen LogP contribution in [0.5, 0.6) is 0 Å². The molecule has 0 fully saturated rings. The fourth-order valence-corrected chi connectivity index (χ4v) is 2.15. The number of aromatic nitrogens is 1. The third kappa shape index (κ3) is 4.63. The van der Waals surface area contributed by atoms with Crippen LogP contribution in [0.1, 0.15) is 11.3 Å². The fraction of sp³-hybridized carbons (Fsp3) is 0.267. The summed E-state index contributed by atoms with van der Waals surface area (Å²) in [5.74, 6) is 0. The first-order valence-corrected chi connectivity index (χ1v) is 6.64. The van der Waals surface area contributed by atoms with E-state index in [4.69, 9.17) is 16.7 Å². The summed E-state index contributed by atoms with van der Waals surface area (Å²) in [5.41, 5.74) is 2.13. The minimum absolute atomic E-state index is 0.132. The highest BCUT2D eigenvalue weighted by atomic mass is 35.5. The Kier molecular flexibility index (Phi) is 5.33. The molecule has 0 radical (unpaired) electrons. The van der Waals surface area contributed by atoms with Gasteiger partial charge in [0.1, 0.15) is 5.15 Å². The highest BCUT2D eigenvalue weighted by Gasteiger charge is 2.07. The lowest BCUT2D eigenvalue weighted by molar-refractivity contribution is 0.183. The van der Waals surface area contributed by atoms with Gasteiger partial charge < -0.3 is 5.11 Å². The van der Waals surface area contributed by atoms with E-state index in [0.29, 0.717) is 18.2 Å². The third-order valence-electron chi connectivity index (χ3n) is 2.82. The second kappa shape index (κ2) is 7.24. The van der Waals surface area contributed by atoms with Crippen molar-refractivity contribution >= 4 is 11.6 Å². The maximum Gasteiger partial charge on any atom is 0.129 e. The van der Waals surface area contributed by atoms with Crippen LogP contribution in [0.2, 0.25) is 5.15 Å². The van der Waals surface area contributed by atoms with Crippen molar-refractivity contribution in [1.29, 1.82) is 0 Å². The van der Waals surface area contributed by atoms with E-state index in [2.05, 4.69) is 22.0 Å². The number of halogens is 1. The monoisotopic (exact) mass is 276 g/mol.